The molecule has 1 aliphatic carbocycles. The molecule has 1 saturated carbocycles. The third kappa shape index (κ3) is 5.28. The Labute approximate surface area is 187 Å². The molecule has 1 amide bonds. The second-order valence-corrected chi connectivity index (χ2v) is 9.00. The molecule has 7 heteroatoms. The van der Waals surface area contributed by atoms with Crippen molar-refractivity contribution in [3.05, 3.63) is 66.0 Å². The van der Waals surface area contributed by atoms with E-state index < -0.39 is 0 Å². The highest BCUT2D eigenvalue weighted by Gasteiger charge is 2.34. The molecule has 0 N–H and O–H groups in total. The highest BCUT2D eigenvalue weighted by Crippen LogP contribution is 2.36. The summed E-state index contributed by atoms with van der Waals surface area (Å²) in [5.41, 5.74) is 3.30. The SMILES string of the molecule is COc1ccc(CN(C(=O)CSc2nncn2-c2ccc(C)cc2)C(C)C2CC2)cc1. The first-order valence-corrected chi connectivity index (χ1v) is 11.6. The predicted octanol–water partition coefficient (Wildman–Crippen LogP) is 4.50. The number of hydrogen-bond donors (Lipinski definition) is 0. The van der Waals surface area contributed by atoms with E-state index in [1.807, 2.05) is 45.9 Å². The minimum Gasteiger partial charge on any atom is -0.497 e. The largest absolute Gasteiger partial charge is 0.497 e. The summed E-state index contributed by atoms with van der Waals surface area (Å²) in [7, 11) is 1.66. The standard InChI is InChI=1S/C24H28N4O2S/c1-17-4-10-21(11-5-17)28-16-25-26-24(28)31-15-23(29)27(18(2)20-8-9-20)14-19-6-12-22(30-3)13-7-19/h4-7,10-13,16,18,20H,8-9,14-15H2,1-3H3. The van der Waals surface area contributed by atoms with Gasteiger partial charge in [-0.1, -0.05) is 41.6 Å². The van der Waals surface area contributed by atoms with Gasteiger partial charge >= 0.3 is 0 Å². The lowest BCUT2D eigenvalue weighted by atomic mass is 10.1. The Balaban J connectivity index is 1.45. The van der Waals surface area contributed by atoms with Gasteiger partial charge < -0.3 is 9.64 Å². The predicted molar refractivity (Wildman–Crippen MR) is 123 cm³/mol. The van der Waals surface area contributed by atoms with Crippen LogP contribution in [0.4, 0.5) is 0 Å². The highest BCUT2D eigenvalue weighted by molar-refractivity contribution is 7.99. The Hall–Kier alpha value is -2.80. The van der Waals surface area contributed by atoms with Gasteiger partial charge in [-0.3, -0.25) is 9.36 Å². The summed E-state index contributed by atoms with van der Waals surface area (Å²) in [4.78, 5) is 15.3. The van der Waals surface area contributed by atoms with Gasteiger partial charge in [-0.05, 0) is 62.4 Å². The normalized spacial score (nSPS) is 14.3. The molecule has 1 aromatic heterocycles. The molecule has 0 bridgehead atoms. The van der Waals surface area contributed by atoms with E-state index in [-0.39, 0.29) is 11.9 Å². The molecular formula is C24H28N4O2S. The van der Waals surface area contributed by atoms with E-state index in [4.69, 9.17) is 4.74 Å². The second-order valence-electron chi connectivity index (χ2n) is 8.06. The molecule has 4 rings (SSSR count). The van der Waals surface area contributed by atoms with Crippen molar-refractivity contribution < 1.29 is 9.53 Å². The maximum absolute atomic E-state index is 13.3. The summed E-state index contributed by atoms with van der Waals surface area (Å²) in [6.07, 6.45) is 4.09. The van der Waals surface area contributed by atoms with E-state index in [1.165, 1.54) is 30.2 Å². The molecule has 0 spiro atoms. The molecule has 0 aliphatic heterocycles. The molecule has 3 aromatic rings. The van der Waals surface area contributed by atoms with Crippen LogP contribution in [0, 0.1) is 12.8 Å². The van der Waals surface area contributed by atoms with Gasteiger partial charge in [-0.15, -0.1) is 10.2 Å². The number of carbonyl (C=O) groups is 1. The molecule has 2 aromatic carbocycles. The molecule has 1 aliphatic rings. The molecule has 1 fully saturated rings. The van der Waals surface area contributed by atoms with Crippen LogP contribution in [0.5, 0.6) is 5.75 Å². The van der Waals surface area contributed by atoms with Gasteiger partial charge in [0.05, 0.1) is 12.9 Å². The summed E-state index contributed by atoms with van der Waals surface area (Å²) >= 11 is 1.43. The number of thioether (sulfide) groups is 1. The first-order chi connectivity index (χ1) is 15.0. The van der Waals surface area contributed by atoms with Crippen LogP contribution in [0.15, 0.2) is 60.0 Å². The zero-order chi connectivity index (χ0) is 21.8. The third-order valence-electron chi connectivity index (χ3n) is 5.78. The number of ether oxygens (including phenoxy) is 1. The summed E-state index contributed by atoms with van der Waals surface area (Å²) in [5, 5.41) is 9.01. The van der Waals surface area contributed by atoms with E-state index in [9.17, 15) is 4.79 Å². The summed E-state index contributed by atoms with van der Waals surface area (Å²) in [5.74, 6) is 1.88. The zero-order valence-electron chi connectivity index (χ0n) is 18.2. The van der Waals surface area contributed by atoms with Gasteiger partial charge in [0.25, 0.3) is 0 Å². The van der Waals surface area contributed by atoms with Crippen molar-refractivity contribution in [1.82, 2.24) is 19.7 Å². The number of methoxy groups -OCH3 is 1. The van der Waals surface area contributed by atoms with Crippen molar-refractivity contribution in [2.45, 2.75) is 44.4 Å². The van der Waals surface area contributed by atoms with Gasteiger partial charge in [-0.2, -0.15) is 0 Å². The van der Waals surface area contributed by atoms with Crippen molar-refractivity contribution in [1.29, 1.82) is 0 Å². The first kappa shape index (κ1) is 21.4. The third-order valence-corrected chi connectivity index (χ3v) is 6.71. The molecule has 31 heavy (non-hydrogen) atoms. The van der Waals surface area contributed by atoms with Crippen LogP contribution >= 0.6 is 11.8 Å². The molecule has 0 saturated heterocycles. The maximum atomic E-state index is 13.3. The number of amides is 1. The Morgan fingerprint density at radius 3 is 2.55 bits per heavy atom. The lowest BCUT2D eigenvalue weighted by molar-refractivity contribution is -0.131. The molecule has 1 heterocycles. The summed E-state index contributed by atoms with van der Waals surface area (Å²) in [6, 6.07) is 16.4. The van der Waals surface area contributed by atoms with E-state index in [0.29, 0.717) is 18.2 Å². The number of rotatable bonds is 9. The van der Waals surface area contributed by atoms with Gasteiger partial charge in [0.2, 0.25) is 5.91 Å². The van der Waals surface area contributed by atoms with Gasteiger partial charge in [-0.25, -0.2) is 0 Å². The Morgan fingerprint density at radius 2 is 1.90 bits per heavy atom. The van der Waals surface area contributed by atoms with Crippen LogP contribution in [-0.2, 0) is 11.3 Å². The average Bonchev–Trinajstić information content (AvgIpc) is 3.54. The van der Waals surface area contributed by atoms with Crippen molar-refractivity contribution in [2.75, 3.05) is 12.9 Å². The molecule has 1 atom stereocenters. The first-order valence-electron chi connectivity index (χ1n) is 10.6. The lowest BCUT2D eigenvalue weighted by Crippen LogP contribution is -2.40. The van der Waals surface area contributed by atoms with Crippen molar-refractivity contribution in [2.24, 2.45) is 5.92 Å². The quantitative estimate of drug-likeness (QED) is 0.462. The van der Waals surface area contributed by atoms with Crippen LogP contribution in [0.2, 0.25) is 0 Å². The molecule has 6 nitrogen and oxygen atoms in total. The highest BCUT2D eigenvalue weighted by atomic mass is 32.2. The van der Waals surface area contributed by atoms with Gasteiger partial charge in [0, 0.05) is 18.3 Å². The molecular weight excluding hydrogens is 408 g/mol. The minimum absolute atomic E-state index is 0.124. The van der Waals surface area contributed by atoms with Crippen LogP contribution in [0.1, 0.15) is 30.9 Å². The summed E-state index contributed by atoms with van der Waals surface area (Å²) < 4.78 is 7.18. The average molecular weight is 437 g/mol. The minimum atomic E-state index is 0.124. The smallest absolute Gasteiger partial charge is 0.233 e. The van der Waals surface area contributed by atoms with Crippen LogP contribution in [-0.4, -0.2) is 44.5 Å². The molecule has 1 unspecified atom stereocenters. The number of carbonyl (C=O) groups excluding carboxylic acids is 1. The lowest BCUT2D eigenvalue weighted by Gasteiger charge is -2.29. The number of aryl methyl sites for hydroxylation is 1. The van der Waals surface area contributed by atoms with Crippen molar-refractivity contribution in [3.8, 4) is 11.4 Å². The summed E-state index contributed by atoms with van der Waals surface area (Å²) in [6.45, 7) is 4.83. The van der Waals surface area contributed by atoms with E-state index in [2.05, 4.69) is 36.2 Å². The van der Waals surface area contributed by atoms with Crippen LogP contribution < -0.4 is 4.74 Å². The number of aromatic nitrogens is 3. The number of benzene rings is 2. The second kappa shape index (κ2) is 9.56. The number of hydrogen-bond acceptors (Lipinski definition) is 5. The molecule has 0 radical (unpaired) electrons. The maximum Gasteiger partial charge on any atom is 0.233 e. The monoisotopic (exact) mass is 436 g/mol. The van der Waals surface area contributed by atoms with Crippen molar-refractivity contribution in [3.63, 3.8) is 0 Å². The van der Waals surface area contributed by atoms with Crippen molar-refractivity contribution >= 4 is 17.7 Å². The topological polar surface area (TPSA) is 60.2 Å². The van der Waals surface area contributed by atoms with Crippen LogP contribution in [0.3, 0.4) is 0 Å². The fraction of sp³-hybridized carbons (Fsp3) is 0.375. The Kier molecular flexibility index (Phi) is 6.61. The van der Waals surface area contributed by atoms with E-state index >= 15 is 0 Å². The van der Waals surface area contributed by atoms with E-state index in [0.717, 1.165) is 22.2 Å². The van der Waals surface area contributed by atoms with Gasteiger partial charge in [0.15, 0.2) is 5.16 Å². The zero-order valence-corrected chi connectivity index (χ0v) is 19.0. The Bertz CT molecular complexity index is 1010. The fourth-order valence-corrected chi connectivity index (χ4v) is 4.45. The number of nitrogens with zero attached hydrogens (tertiary/aromatic N) is 4. The Morgan fingerprint density at radius 1 is 1.19 bits per heavy atom. The van der Waals surface area contributed by atoms with Gasteiger partial charge in [0.1, 0.15) is 12.1 Å². The fourth-order valence-electron chi connectivity index (χ4n) is 3.63. The molecule has 162 valence electrons. The van der Waals surface area contributed by atoms with E-state index in [1.54, 1.807) is 13.4 Å². The van der Waals surface area contributed by atoms with Crippen LogP contribution in [0.25, 0.3) is 5.69 Å².